The third-order valence-corrected chi connectivity index (χ3v) is 2.96. The van der Waals surface area contributed by atoms with Crippen molar-refractivity contribution < 1.29 is 13.2 Å². The van der Waals surface area contributed by atoms with E-state index in [-0.39, 0.29) is 28.0 Å². The zero-order chi connectivity index (χ0) is 15.6. The average molecular weight is 318 g/mol. The van der Waals surface area contributed by atoms with E-state index in [0.717, 1.165) is 6.07 Å². The number of rotatable bonds is 3. The topological polar surface area (TPSA) is 75.9 Å². The first-order chi connectivity index (χ1) is 9.81. The summed E-state index contributed by atoms with van der Waals surface area (Å²) in [5, 5.41) is 2.86. The van der Waals surface area contributed by atoms with Gasteiger partial charge in [0.25, 0.3) is 0 Å². The first kappa shape index (κ1) is 15.3. The number of aromatic nitrogens is 2. The molecule has 0 unspecified atom stereocenters. The fraction of sp³-hybridized carbons (Fsp3) is 0.167. The summed E-state index contributed by atoms with van der Waals surface area (Å²) >= 11 is 5.89. The molecule has 0 bridgehead atoms. The predicted octanol–water partition coefficient (Wildman–Crippen LogP) is 3.49. The Labute approximate surface area is 123 Å². The molecular weight excluding hydrogens is 307 g/mol. The molecule has 0 fully saturated rings. The van der Waals surface area contributed by atoms with E-state index in [1.165, 1.54) is 25.3 Å². The first-order valence-electron chi connectivity index (χ1n) is 5.75. The smallest absolute Gasteiger partial charge is 0.339 e. The van der Waals surface area contributed by atoms with E-state index < -0.39 is 11.7 Å². The lowest BCUT2D eigenvalue weighted by Crippen LogP contribution is -2.11. The lowest BCUT2D eigenvalue weighted by molar-refractivity contribution is -0.138. The summed E-state index contributed by atoms with van der Waals surface area (Å²) in [7, 11) is 0. The van der Waals surface area contributed by atoms with Crippen molar-refractivity contribution in [1.29, 1.82) is 0 Å². The zero-order valence-corrected chi connectivity index (χ0v) is 11.5. The highest BCUT2D eigenvalue weighted by molar-refractivity contribution is 6.32. The summed E-state index contributed by atoms with van der Waals surface area (Å²) in [5.74, 6) is 5.41. The minimum atomic E-state index is -4.43. The molecule has 0 spiro atoms. The molecule has 4 N–H and O–H groups in total. The van der Waals surface area contributed by atoms with Crippen LogP contribution >= 0.6 is 11.6 Å². The molecule has 0 amide bonds. The molecule has 1 aromatic heterocycles. The number of halogens is 4. The van der Waals surface area contributed by atoms with Crippen LogP contribution in [0.5, 0.6) is 0 Å². The Morgan fingerprint density at radius 2 is 2.00 bits per heavy atom. The van der Waals surface area contributed by atoms with Gasteiger partial charge in [-0.05, 0) is 24.6 Å². The Bertz CT molecular complexity index is 660. The van der Waals surface area contributed by atoms with E-state index in [1.807, 2.05) is 0 Å². The minimum Gasteiger partial charge on any atom is -0.339 e. The van der Waals surface area contributed by atoms with Gasteiger partial charge in [0, 0.05) is 5.69 Å². The Hall–Kier alpha value is -2.06. The molecule has 0 aliphatic carbocycles. The van der Waals surface area contributed by atoms with Crippen LogP contribution in [-0.4, -0.2) is 9.97 Å². The van der Waals surface area contributed by atoms with E-state index in [1.54, 1.807) is 0 Å². The Kier molecular flexibility index (Phi) is 4.19. The maximum absolute atomic E-state index is 12.9. The number of hydrazine groups is 1. The number of anilines is 3. The maximum atomic E-state index is 12.9. The van der Waals surface area contributed by atoms with Crippen LogP contribution in [0.4, 0.5) is 30.6 Å². The Balaban J connectivity index is 2.36. The van der Waals surface area contributed by atoms with Crippen molar-refractivity contribution in [2.24, 2.45) is 5.84 Å². The first-order valence-corrected chi connectivity index (χ1v) is 6.13. The summed E-state index contributed by atoms with van der Waals surface area (Å²) in [6.07, 6.45) is -3.15. The molecule has 9 heteroatoms. The third kappa shape index (κ3) is 3.53. The van der Waals surface area contributed by atoms with Crippen molar-refractivity contribution in [2.45, 2.75) is 13.1 Å². The number of nitrogens with zero attached hydrogens (tertiary/aromatic N) is 2. The fourth-order valence-corrected chi connectivity index (χ4v) is 1.80. The molecular formula is C12H11ClF3N5. The van der Waals surface area contributed by atoms with Crippen molar-refractivity contribution in [3.05, 3.63) is 40.5 Å². The van der Waals surface area contributed by atoms with E-state index in [4.69, 9.17) is 17.4 Å². The van der Waals surface area contributed by atoms with Gasteiger partial charge >= 0.3 is 6.18 Å². The van der Waals surface area contributed by atoms with Crippen molar-refractivity contribution in [3.8, 4) is 0 Å². The second kappa shape index (κ2) is 5.74. The predicted molar refractivity (Wildman–Crippen MR) is 74.3 cm³/mol. The van der Waals surface area contributed by atoms with Crippen molar-refractivity contribution in [2.75, 3.05) is 10.7 Å². The molecule has 0 saturated carbocycles. The van der Waals surface area contributed by atoms with Gasteiger partial charge < -0.3 is 5.32 Å². The van der Waals surface area contributed by atoms with Gasteiger partial charge in [-0.3, -0.25) is 5.43 Å². The van der Waals surface area contributed by atoms with Crippen LogP contribution in [0.15, 0.2) is 24.4 Å². The average Bonchev–Trinajstić information content (AvgIpc) is 2.42. The van der Waals surface area contributed by atoms with Crippen LogP contribution in [0.1, 0.15) is 11.1 Å². The highest BCUT2D eigenvalue weighted by Gasteiger charge is 2.32. The standard InChI is InChI=1S/C12H11ClF3N5/c1-6-2-3-7(4-8(6)12(14,15)16)19-10-9(13)5-18-11(20-10)21-17/h2-5H,17H2,1H3,(H2,18,19,20,21). The molecule has 0 atom stereocenters. The normalized spacial score (nSPS) is 11.3. The molecule has 0 radical (unpaired) electrons. The number of nitrogens with two attached hydrogens (primary N) is 1. The molecule has 1 aromatic carbocycles. The van der Waals surface area contributed by atoms with Crippen LogP contribution in [0, 0.1) is 6.92 Å². The van der Waals surface area contributed by atoms with Crippen LogP contribution in [0.3, 0.4) is 0 Å². The van der Waals surface area contributed by atoms with Crippen LogP contribution < -0.4 is 16.6 Å². The number of hydrogen-bond acceptors (Lipinski definition) is 5. The highest BCUT2D eigenvalue weighted by atomic mass is 35.5. The maximum Gasteiger partial charge on any atom is 0.416 e. The van der Waals surface area contributed by atoms with Gasteiger partial charge in [-0.1, -0.05) is 17.7 Å². The zero-order valence-electron chi connectivity index (χ0n) is 10.8. The number of hydrogen-bond donors (Lipinski definition) is 3. The number of nitrogens with one attached hydrogen (secondary N) is 2. The summed E-state index contributed by atoms with van der Waals surface area (Å²) in [6, 6.07) is 3.85. The number of benzene rings is 1. The highest BCUT2D eigenvalue weighted by Crippen LogP contribution is 2.34. The van der Waals surface area contributed by atoms with E-state index in [2.05, 4.69) is 20.7 Å². The quantitative estimate of drug-likeness (QED) is 0.597. The molecule has 0 aliphatic heterocycles. The molecule has 1 heterocycles. The molecule has 2 aromatic rings. The van der Waals surface area contributed by atoms with E-state index >= 15 is 0 Å². The van der Waals surface area contributed by atoms with E-state index in [0.29, 0.717) is 0 Å². The van der Waals surface area contributed by atoms with Crippen molar-refractivity contribution in [1.82, 2.24) is 9.97 Å². The molecule has 21 heavy (non-hydrogen) atoms. The SMILES string of the molecule is Cc1ccc(Nc2nc(NN)ncc2Cl)cc1C(F)(F)F. The minimum absolute atomic E-state index is 0.0880. The van der Waals surface area contributed by atoms with Crippen LogP contribution in [-0.2, 0) is 6.18 Å². The molecule has 2 rings (SSSR count). The van der Waals surface area contributed by atoms with Gasteiger partial charge in [-0.15, -0.1) is 0 Å². The fourth-order valence-electron chi connectivity index (χ4n) is 1.67. The summed E-state index contributed by atoms with van der Waals surface area (Å²) in [4.78, 5) is 7.70. The Morgan fingerprint density at radius 3 is 2.62 bits per heavy atom. The second-order valence-corrected chi connectivity index (χ2v) is 4.59. The summed E-state index contributed by atoms with van der Waals surface area (Å²) < 4.78 is 38.6. The van der Waals surface area contributed by atoms with Gasteiger partial charge in [-0.25, -0.2) is 10.8 Å². The number of alkyl halides is 3. The van der Waals surface area contributed by atoms with Crippen molar-refractivity contribution in [3.63, 3.8) is 0 Å². The third-order valence-electron chi connectivity index (χ3n) is 2.68. The van der Waals surface area contributed by atoms with Crippen LogP contribution in [0.2, 0.25) is 5.02 Å². The lowest BCUT2D eigenvalue weighted by Gasteiger charge is -2.13. The van der Waals surface area contributed by atoms with E-state index in [9.17, 15) is 13.2 Å². The molecule has 112 valence electrons. The van der Waals surface area contributed by atoms with Gasteiger partial charge in [0.1, 0.15) is 5.02 Å². The summed E-state index contributed by atoms with van der Waals surface area (Å²) in [5.41, 5.74) is 1.83. The van der Waals surface area contributed by atoms with Gasteiger partial charge in [0.05, 0.1) is 11.8 Å². The lowest BCUT2D eigenvalue weighted by atomic mass is 10.1. The van der Waals surface area contributed by atoms with Gasteiger partial charge in [-0.2, -0.15) is 18.2 Å². The second-order valence-electron chi connectivity index (χ2n) is 4.19. The molecule has 0 aliphatic rings. The largest absolute Gasteiger partial charge is 0.416 e. The molecule has 0 saturated heterocycles. The number of aryl methyl sites for hydroxylation is 1. The van der Waals surface area contributed by atoms with Crippen LogP contribution in [0.25, 0.3) is 0 Å². The van der Waals surface area contributed by atoms with Crippen molar-refractivity contribution >= 4 is 29.1 Å². The number of nitrogen functional groups attached to an aromatic ring is 1. The Morgan fingerprint density at radius 1 is 1.29 bits per heavy atom. The molecule has 5 nitrogen and oxygen atoms in total. The van der Waals surface area contributed by atoms with Gasteiger partial charge in [0.2, 0.25) is 5.95 Å². The summed E-state index contributed by atoms with van der Waals surface area (Å²) in [6.45, 7) is 1.39. The monoisotopic (exact) mass is 317 g/mol. The van der Waals surface area contributed by atoms with Gasteiger partial charge in [0.15, 0.2) is 5.82 Å².